The second-order valence-corrected chi connectivity index (χ2v) is 4.17. The van der Waals surface area contributed by atoms with Crippen LogP contribution < -0.4 is 5.32 Å². The lowest BCUT2D eigenvalue weighted by Crippen LogP contribution is -2.39. The van der Waals surface area contributed by atoms with E-state index in [9.17, 15) is 4.39 Å². The molecule has 0 spiro atoms. The fourth-order valence-corrected chi connectivity index (χ4v) is 2.03. The Morgan fingerprint density at radius 2 is 2.27 bits per heavy atom. The van der Waals surface area contributed by atoms with Gasteiger partial charge in [0.05, 0.1) is 12.2 Å². The first-order valence-electron chi connectivity index (χ1n) is 4.98. The molecule has 1 fully saturated rings. The highest BCUT2D eigenvalue weighted by molar-refractivity contribution is 6.31. The smallest absolute Gasteiger partial charge is 0.124 e. The molecule has 0 bridgehead atoms. The van der Waals surface area contributed by atoms with Gasteiger partial charge in [-0.25, -0.2) is 4.39 Å². The summed E-state index contributed by atoms with van der Waals surface area (Å²) in [5.74, 6) is -0.319. The number of rotatable bonds is 1. The van der Waals surface area contributed by atoms with E-state index in [4.69, 9.17) is 16.3 Å². The molecule has 4 heteroatoms. The Balaban J connectivity index is 2.21. The lowest BCUT2D eigenvalue weighted by molar-refractivity contribution is -0.0286. The SMILES string of the molecule is CC1CNCC(c2ccc(F)cc2Cl)O1. The molecular weight excluding hydrogens is 217 g/mol. The van der Waals surface area contributed by atoms with Crippen molar-refractivity contribution in [3.05, 3.63) is 34.6 Å². The Labute approximate surface area is 93.4 Å². The molecule has 1 aliphatic rings. The number of hydrogen-bond acceptors (Lipinski definition) is 2. The maximum Gasteiger partial charge on any atom is 0.124 e. The molecule has 82 valence electrons. The molecule has 1 aromatic carbocycles. The number of morpholine rings is 1. The second-order valence-electron chi connectivity index (χ2n) is 3.76. The standard InChI is InChI=1S/C11H13ClFNO/c1-7-5-14-6-11(15-7)9-3-2-8(13)4-10(9)12/h2-4,7,11,14H,5-6H2,1H3. The molecular formula is C11H13ClFNO. The Kier molecular flexibility index (Phi) is 3.24. The quantitative estimate of drug-likeness (QED) is 0.799. The van der Waals surface area contributed by atoms with E-state index < -0.39 is 0 Å². The van der Waals surface area contributed by atoms with E-state index in [1.54, 1.807) is 6.07 Å². The van der Waals surface area contributed by atoms with Crippen molar-refractivity contribution in [2.24, 2.45) is 0 Å². The van der Waals surface area contributed by atoms with E-state index in [0.29, 0.717) is 5.02 Å². The zero-order valence-corrected chi connectivity index (χ0v) is 9.22. The van der Waals surface area contributed by atoms with Gasteiger partial charge in [0.1, 0.15) is 5.82 Å². The third-order valence-electron chi connectivity index (χ3n) is 2.47. The van der Waals surface area contributed by atoms with E-state index >= 15 is 0 Å². The van der Waals surface area contributed by atoms with E-state index in [1.165, 1.54) is 12.1 Å². The molecule has 1 heterocycles. The van der Waals surface area contributed by atoms with E-state index in [1.807, 2.05) is 6.92 Å². The molecule has 0 aromatic heterocycles. The molecule has 2 atom stereocenters. The number of halogens is 2. The number of nitrogens with one attached hydrogen (secondary N) is 1. The Bertz CT molecular complexity index is 358. The third-order valence-corrected chi connectivity index (χ3v) is 2.79. The predicted octanol–water partition coefficient (Wildman–Crippen LogP) is 2.53. The summed E-state index contributed by atoms with van der Waals surface area (Å²) in [4.78, 5) is 0. The van der Waals surface area contributed by atoms with Crippen LogP contribution in [0, 0.1) is 5.82 Å². The summed E-state index contributed by atoms with van der Waals surface area (Å²) in [5.41, 5.74) is 0.845. The van der Waals surface area contributed by atoms with Crippen molar-refractivity contribution in [1.82, 2.24) is 5.32 Å². The van der Waals surface area contributed by atoms with Gasteiger partial charge in [-0.3, -0.25) is 0 Å². The monoisotopic (exact) mass is 229 g/mol. The summed E-state index contributed by atoms with van der Waals surface area (Å²) in [6, 6.07) is 4.41. The van der Waals surface area contributed by atoms with E-state index in [2.05, 4.69) is 5.32 Å². The highest BCUT2D eigenvalue weighted by Gasteiger charge is 2.22. The van der Waals surface area contributed by atoms with Gasteiger partial charge in [-0.15, -0.1) is 0 Å². The van der Waals surface area contributed by atoms with E-state index in [-0.39, 0.29) is 18.0 Å². The van der Waals surface area contributed by atoms with Gasteiger partial charge >= 0.3 is 0 Å². The van der Waals surface area contributed by atoms with Gasteiger partial charge < -0.3 is 10.1 Å². The summed E-state index contributed by atoms with van der Waals surface area (Å²) >= 11 is 5.96. The third kappa shape index (κ3) is 2.48. The van der Waals surface area contributed by atoms with Gasteiger partial charge in [-0.05, 0) is 19.1 Å². The lowest BCUT2D eigenvalue weighted by atomic mass is 10.1. The average Bonchev–Trinajstić information content (AvgIpc) is 2.17. The Morgan fingerprint density at radius 3 is 2.93 bits per heavy atom. The predicted molar refractivity (Wildman–Crippen MR) is 57.6 cm³/mol. The molecule has 1 aromatic rings. The zero-order valence-electron chi connectivity index (χ0n) is 8.47. The highest BCUT2D eigenvalue weighted by atomic mass is 35.5. The molecule has 0 radical (unpaired) electrons. The van der Waals surface area contributed by atoms with Crippen molar-refractivity contribution in [1.29, 1.82) is 0 Å². The first kappa shape index (κ1) is 10.9. The molecule has 15 heavy (non-hydrogen) atoms. The average molecular weight is 230 g/mol. The van der Waals surface area contributed by atoms with Crippen LogP contribution in [0.4, 0.5) is 4.39 Å². The van der Waals surface area contributed by atoms with Gasteiger partial charge in [0.25, 0.3) is 0 Å². The first-order chi connectivity index (χ1) is 7.16. The molecule has 0 saturated carbocycles. The van der Waals surface area contributed by atoms with Crippen LogP contribution in [-0.2, 0) is 4.74 Å². The van der Waals surface area contributed by atoms with Crippen molar-refractivity contribution in [2.45, 2.75) is 19.1 Å². The van der Waals surface area contributed by atoms with Crippen LogP contribution in [0.3, 0.4) is 0 Å². The first-order valence-corrected chi connectivity index (χ1v) is 5.35. The fraction of sp³-hybridized carbons (Fsp3) is 0.455. The minimum atomic E-state index is -0.319. The van der Waals surface area contributed by atoms with Crippen molar-refractivity contribution in [2.75, 3.05) is 13.1 Å². The molecule has 1 N–H and O–H groups in total. The maximum atomic E-state index is 12.9. The number of hydrogen-bond donors (Lipinski definition) is 1. The lowest BCUT2D eigenvalue weighted by Gasteiger charge is -2.29. The van der Waals surface area contributed by atoms with Crippen LogP contribution in [-0.4, -0.2) is 19.2 Å². The molecule has 0 aliphatic carbocycles. The van der Waals surface area contributed by atoms with Crippen LogP contribution in [0.2, 0.25) is 5.02 Å². The summed E-state index contributed by atoms with van der Waals surface area (Å²) in [7, 11) is 0. The fourth-order valence-electron chi connectivity index (χ4n) is 1.74. The molecule has 1 aliphatic heterocycles. The topological polar surface area (TPSA) is 21.3 Å². The van der Waals surface area contributed by atoms with E-state index in [0.717, 1.165) is 18.7 Å². The minimum Gasteiger partial charge on any atom is -0.368 e. The summed E-state index contributed by atoms with van der Waals surface area (Å²) in [5, 5.41) is 3.67. The minimum absolute atomic E-state index is 0.0816. The summed E-state index contributed by atoms with van der Waals surface area (Å²) in [6.07, 6.45) is 0.0757. The molecule has 2 nitrogen and oxygen atoms in total. The van der Waals surface area contributed by atoms with Crippen LogP contribution in [0.1, 0.15) is 18.6 Å². The molecule has 1 saturated heterocycles. The van der Waals surface area contributed by atoms with Gasteiger partial charge in [-0.1, -0.05) is 17.7 Å². The summed E-state index contributed by atoms with van der Waals surface area (Å²) in [6.45, 7) is 3.56. The normalized spacial score (nSPS) is 26.6. The van der Waals surface area contributed by atoms with Crippen LogP contribution in [0.15, 0.2) is 18.2 Å². The number of ether oxygens (including phenoxy) is 1. The van der Waals surface area contributed by atoms with Gasteiger partial charge in [0.15, 0.2) is 0 Å². The van der Waals surface area contributed by atoms with Crippen molar-refractivity contribution in [3.8, 4) is 0 Å². The largest absolute Gasteiger partial charge is 0.368 e. The Hall–Kier alpha value is -0.640. The van der Waals surface area contributed by atoms with Crippen molar-refractivity contribution >= 4 is 11.6 Å². The number of benzene rings is 1. The van der Waals surface area contributed by atoms with Crippen LogP contribution in [0.25, 0.3) is 0 Å². The summed E-state index contributed by atoms with van der Waals surface area (Å²) < 4.78 is 18.6. The maximum absolute atomic E-state index is 12.9. The van der Waals surface area contributed by atoms with Crippen LogP contribution in [0.5, 0.6) is 0 Å². The van der Waals surface area contributed by atoms with Crippen molar-refractivity contribution < 1.29 is 9.13 Å². The molecule has 2 unspecified atom stereocenters. The Morgan fingerprint density at radius 1 is 1.47 bits per heavy atom. The second kappa shape index (κ2) is 4.47. The van der Waals surface area contributed by atoms with Crippen molar-refractivity contribution in [3.63, 3.8) is 0 Å². The van der Waals surface area contributed by atoms with Crippen LogP contribution >= 0.6 is 11.6 Å². The van der Waals surface area contributed by atoms with Gasteiger partial charge in [0, 0.05) is 23.7 Å². The molecule has 2 rings (SSSR count). The molecule has 0 amide bonds. The van der Waals surface area contributed by atoms with Gasteiger partial charge in [-0.2, -0.15) is 0 Å². The van der Waals surface area contributed by atoms with Gasteiger partial charge in [0.2, 0.25) is 0 Å². The zero-order chi connectivity index (χ0) is 10.8. The highest BCUT2D eigenvalue weighted by Crippen LogP contribution is 2.28.